The van der Waals surface area contributed by atoms with Crippen LogP contribution in [0.2, 0.25) is 0 Å². The summed E-state index contributed by atoms with van der Waals surface area (Å²) < 4.78 is 0. The summed E-state index contributed by atoms with van der Waals surface area (Å²) in [6.45, 7) is 15.2. The fraction of sp³-hybridized carbons (Fsp3) is 0.800. The van der Waals surface area contributed by atoms with Crippen LogP contribution in [0.15, 0.2) is 12.2 Å². The summed E-state index contributed by atoms with van der Waals surface area (Å²) in [5.41, 5.74) is 1.32. The molecule has 0 fully saturated rings. The van der Waals surface area contributed by atoms with Gasteiger partial charge < -0.3 is 0 Å². The topological polar surface area (TPSA) is 0 Å². The van der Waals surface area contributed by atoms with Crippen LogP contribution in [-0.4, -0.2) is 0 Å². The molecule has 0 aliphatic rings. The first kappa shape index (κ1) is 9.74. The van der Waals surface area contributed by atoms with Gasteiger partial charge in [-0.3, -0.25) is 0 Å². The number of allylic oxidation sites excluding steroid dienone is 1. The second kappa shape index (κ2) is 3.80. The summed E-state index contributed by atoms with van der Waals surface area (Å²) in [5.74, 6) is 2.16. The second-order valence-corrected chi connectivity index (χ2v) is 3.86. The molecular formula is C10H20. The third-order valence-corrected chi connectivity index (χ3v) is 2.01. The molecule has 0 rings (SSSR count). The molecule has 0 aromatic rings. The van der Waals surface area contributed by atoms with E-state index >= 15 is 0 Å². The van der Waals surface area contributed by atoms with E-state index in [0.29, 0.717) is 5.92 Å². The second-order valence-electron chi connectivity index (χ2n) is 3.86. The Morgan fingerprint density at radius 3 is 1.30 bits per heavy atom. The predicted molar refractivity (Wildman–Crippen MR) is 48.0 cm³/mol. The molecule has 10 heavy (non-hydrogen) atoms. The Labute approximate surface area is 65.3 Å². The van der Waals surface area contributed by atoms with Gasteiger partial charge in [-0.15, -0.1) is 0 Å². The molecule has 0 aromatic carbocycles. The number of hydrogen-bond acceptors (Lipinski definition) is 0. The Bertz CT molecular complexity index is 101. The highest BCUT2D eigenvalue weighted by atomic mass is 14.2. The van der Waals surface area contributed by atoms with Crippen molar-refractivity contribution in [3.05, 3.63) is 12.2 Å². The van der Waals surface area contributed by atoms with E-state index < -0.39 is 0 Å². The summed E-state index contributed by atoms with van der Waals surface area (Å²) in [6.07, 6.45) is 0. The van der Waals surface area contributed by atoms with Gasteiger partial charge in [0.1, 0.15) is 0 Å². The zero-order chi connectivity index (χ0) is 8.31. The molecule has 0 aromatic heterocycles. The van der Waals surface area contributed by atoms with Crippen molar-refractivity contribution < 1.29 is 0 Å². The summed E-state index contributed by atoms with van der Waals surface area (Å²) >= 11 is 0. The maximum absolute atomic E-state index is 4.00. The van der Waals surface area contributed by atoms with Gasteiger partial charge in [0.2, 0.25) is 0 Å². The third-order valence-electron chi connectivity index (χ3n) is 2.01. The van der Waals surface area contributed by atoms with Crippen LogP contribution in [0.1, 0.15) is 34.6 Å². The molecule has 0 heteroatoms. The molecule has 0 saturated carbocycles. The lowest BCUT2D eigenvalue weighted by Gasteiger charge is -2.24. The fourth-order valence-corrected chi connectivity index (χ4v) is 1.91. The van der Waals surface area contributed by atoms with Crippen LogP contribution < -0.4 is 0 Å². The van der Waals surface area contributed by atoms with E-state index in [-0.39, 0.29) is 0 Å². The van der Waals surface area contributed by atoms with Crippen LogP contribution >= 0.6 is 0 Å². The first-order valence-corrected chi connectivity index (χ1v) is 4.12. The normalized spacial score (nSPS) is 11.6. The summed E-state index contributed by atoms with van der Waals surface area (Å²) in [4.78, 5) is 0. The van der Waals surface area contributed by atoms with E-state index in [9.17, 15) is 0 Å². The van der Waals surface area contributed by atoms with Crippen LogP contribution in [-0.2, 0) is 0 Å². The average Bonchev–Trinajstić information content (AvgIpc) is 1.59. The van der Waals surface area contributed by atoms with Crippen LogP contribution in [0, 0.1) is 17.8 Å². The fourth-order valence-electron chi connectivity index (χ4n) is 1.91. The highest BCUT2D eigenvalue weighted by Gasteiger charge is 2.17. The van der Waals surface area contributed by atoms with E-state index in [1.165, 1.54) is 5.57 Å². The molecule has 0 spiro atoms. The number of hydrogen-bond donors (Lipinski definition) is 0. The van der Waals surface area contributed by atoms with Crippen molar-refractivity contribution >= 4 is 0 Å². The highest BCUT2D eigenvalue weighted by Crippen LogP contribution is 2.26. The van der Waals surface area contributed by atoms with Crippen LogP contribution in [0.25, 0.3) is 0 Å². The van der Waals surface area contributed by atoms with E-state index in [4.69, 9.17) is 0 Å². The van der Waals surface area contributed by atoms with Gasteiger partial charge in [0, 0.05) is 0 Å². The monoisotopic (exact) mass is 140 g/mol. The van der Waals surface area contributed by atoms with Gasteiger partial charge in [-0.25, -0.2) is 0 Å². The number of rotatable bonds is 3. The Kier molecular flexibility index (Phi) is 3.70. The zero-order valence-corrected chi connectivity index (χ0v) is 7.94. The Hall–Kier alpha value is -0.260. The molecule has 0 amide bonds. The molecule has 0 atom stereocenters. The van der Waals surface area contributed by atoms with E-state index in [2.05, 4.69) is 41.2 Å². The van der Waals surface area contributed by atoms with Crippen molar-refractivity contribution in [1.82, 2.24) is 0 Å². The van der Waals surface area contributed by atoms with Gasteiger partial charge in [-0.2, -0.15) is 0 Å². The Balaban J connectivity index is 4.12. The molecular weight excluding hydrogens is 120 g/mol. The van der Waals surface area contributed by atoms with Gasteiger partial charge in [-0.1, -0.05) is 39.8 Å². The highest BCUT2D eigenvalue weighted by molar-refractivity contribution is 4.98. The van der Waals surface area contributed by atoms with Crippen molar-refractivity contribution in [3.8, 4) is 0 Å². The maximum atomic E-state index is 4.00. The smallest absolute Gasteiger partial charge is 0.0162 e. The largest absolute Gasteiger partial charge is 0.0998 e. The molecule has 0 aliphatic heterocycles. The molecule has 0 saturated heterocycles. The average molecular weight is 140 g/mol. The standard InChI is InChI=1S/C10H20/c1-7(2)10(8(3)4)9(5)6/h8-10H,1H2,2-6H3. The van der Waals surface area contributed by atoms with Crippen LogP contribution in [0.3, 0.4) is 0 Å². The van der Waals surface area contributed by atoms with Gasteiger partial charge in [0.05, 0.1) is 0 Å². The van der Waals surface area contributed by atoms with E-state index in [0.717, 1.165) is 11.8 Å². The molecule has 0 bridgehead atoms. The SMILES string of the molecule is C=C(C)C(C(C)C)C(C)C. The van der Waals surface area contributed by atoms with Gasteiger partial charge in [-0.05, 0) is 24.7 Å². The van der Waals surface area contributed by atoms with Gasteiger partial charge in [0.25, 0.3) is 0 Å². The third kappa shape index (κ3) is 2.55. The first-order chi connectivity index (χ1) is 4.46. The molecule has 0 aliphatic carbocycles. The molecule has 60 valence electrons. The van der Waals surface area contributed by atoms with Crippen molar-refractivity contribution in [3.63, 3.8) is 0 Å². The van der Waals surface area contributed by atoms with E-state index in [1.807, 2.05) is 0 Å². The molecule has 0 heterocycles. The summed E-state index contributed by atoms with van der Waals surface area (Å²) in [7, 11) is 0. The minimum absolute atomic E-state index is 0.694. The van der Waals surface area contributed by atoms with Crippen molar-refractivity contribution in [1.29, 1.82) is 0 Å². The van der Waals surface area contributed by atoms with Crippen LogP contribution in [0.4, 0.5) is 0 Å². The first-order valence-electron chi connectivity index (χ1n) is 4.12. The quantitative estimate of drug-likeness (QED) is 0.526. The Morgan fingerprint density at radius 1 is 1.00 bits per heavy atom. The van der Waals surface area contributed by atoms with E-state index in [1.54, 1.807) is 0 Å². The van der Waals surface area contributed by atoms with Gasteiger partial charge in [0.15, 0.2) is 0 Å². The molecule has 0 N–H and O–H groups in total. The lowest BCUT2D eigenvalue weighted by Crippen LogP contribution is -2.15. The molecule has 0 radical (unpaired) electrons. The Morgan fingerprint density at radius 2 is 1.30 bits per heavy atom. The lowest BCUT2D eigenvalue weighted by molar-refractivity contribution is 0.338. The van der Waals surface area contributed by atoms with Crippen LogP contribution in [0.5, 0.6) is 0 Å². The van der Waals surface area contributed by atoms with Crippen molar-refractivity contribution in [2.75, 3.05) is 0 Å². The summed E-state index contributed by atoms with van der Waals surface area (Å²) in [6, 6.07) is 0. The maximum Gasteiger partial charge on any atom is -0.0162 e. The zero-order valence-electron chi connectivity index (χ0n) is 7.94. The molecule has 0 nitrogen and oxygen atoms in total. The van der Waals surface area contributed by atoms with Gasteiger partial charge >= 0.3 is 0 Å². The molecule has 0 unspecified atom stereocenters. The van der Waals surface area contributed by atoms with Crippen molar-refractivity contribution in [2.45, 2.75) is 34.6 Å². The summed E-state index contributed by atoms with van der Waals surface area (Å²) in [5, 5.41) is 0. The predicted octanol–water partition coefficient (Wildman–Crippen LogP) is 3.49. The minimum Gasteiger partial charge on any atom is -0.0998 e. The van der Waals surface area contributed by atoms with Crippen molar-refractivity contribution in [2.24, 2.45) is 17.8 Å². The minimum atomic E-state index is 0.694. The lowest BCUT2D eigenvalue weighted by atomic mass is 9.81.